The first-order valence-corrected chi connectivity index (χ1v) is 4.23. The van der Waals surface area contributed by atoms with Crippen molar-refractivity contribution in [3.63, 3.8) is 0 Å². The van der Waals surface area contributed by atoms with E-state index in [0.29, 0.717) is 0 Å². The molecule has 0 aromatic heterocycles. The van der Waals surface area contributed by atoms with E-state index in [1.165, 1.54) is 12.8 Å². The Morgan fingerprint density at radius 3 is 2.60 bits per heavy atom. The molecule has 1 atom stereocenters. The highest BCUT2D eigenvalue weighted by Gasteiger charge is 2.16. The number of hydrogen-bond donors (Lipinski definition) is 0. The summed E-state index contributed by atoms with van der Waals surface area (Å²) in [5.74, 6) is 0. The summed E-state index contributed by atoms with van der Waals surface area (Å²) in [5, 5.41) is 0. The van der Waals surface area contributed by atoms with E-state index in [-0.39, 0.29) is 0 Å². The van der Waals surface area contributed by atoms with Crippen LogP contribution in [0.5, 0.6) is 0 Å². The number of hydrogen-bond acceptors (Lipinski definition) is 1. The van der Waals surface area contributed by atoms with Gasteiger partial charge in [-0.3, -0.25) is 0 Å². The average molecular weight is 139 g/mol. The lowest BCUT2D eigenvalue weighted by Crippen LogP contribution is -2.22. The standard InChI is InChI=1S/C9H17N/c1-4-9-6-8(3)10(5-2)7-9/h7-8H,4-6H2,1-3H3. The lowest BCUT2D eigenvalue weighted by Gasteiger charge is -2.19. The molecule has 1 aliphatic rings. The van der Waals surface area contributed by atoms with Gasteiger partial charge in [0, 0.05) is 12.6 Å². The highest BCUT2D eigenvalue weighted by molar-refractivity contribution is 5.09. The first-order valence-electron chi connectivity index (χ1n) is 4.23. The van der Waals surface area contributed by atoms with Crippen LogP contribution in [-0.4, -0.2) is 17.5 Å². The molecule has 1 aliphatic heterocycles. The van der Waals surface area contributed by atoms with Gasteiger partial charge in [0.1, 0.15) is 0 Å². The molecule has 0 aromatic carbocycles. The minimum atomic E-state index is 0.750. The van der Waals surface area contributed by atoms with Crippen LogP contribution in [0.4, 0.5) is 0 Å². The molecule has 1 rings (SSSR count). The van der Waals surface area contributed by atoms with Crippen molar-refractivity contribution in [2.75, 3.05) is 6.54 Å². The van der Waals surface area contributed by atoms with Gasteiger partial charge in [0.25, 0.3) is 0 Å². The Balaban J connectivity index is 2.52. The molecule has 1 nitrogen and oxygen atoms in total. The third-order valence-electron chi connectivity index (χ3n) is 2.29. The highest BCUT2D eigenvalue weighted by atomic mass is 15.1. The SMILES string of the molecule is CCC1=CN(CC)C(C)C1. The van der Waals surface area contributed by atoms with Gasteiger partial charge in [-0.25, -0.2) is 0 Å². The van der Waals surface area contributed by atoms with E-state index in [1.807, 2.05) is 0 Å². The van der Waals surface area contributed by atoms with E-state index in [4.69, 9.17) is 0 Å². The molecule has 1 unspecified atom stereocenters. The van der Waals surface area contributed by atoms with Crippen LogP contribution in [0.2, 0.25) is 0 Å². The summed E-state index contributed by atoms with van der Waals surface area (Å²) >= 11 is 0. The Morgan fingerprint density at radius 1 is 1.60 bits per heavy atom. The van der Waals surface area contributed by atoms with Crippen LogP contribution in [0.15, 0.2) is 11.8 Å². The lowest BCUT2D eigenvalue weighted by molar-refractivity contribution is 0.334. The molecule has 1 heteroatoms. The van der Waals surface area contributed by atoms with Crippen LogP contribution in [0, 0.1) is 0 Å². The second kappa shape index (κ2) is 3.09. The van der Waals surface area contributed by atoms with Gasteiger partial charge in [-0.2, -0.15) is 0 Å². The van der Waals surface area contributed by atoms with Gasteiger partial charge in [0.2, 0.25) is 0 Å². The molecular formula is C9H17N. The Hall–Kier alpha value is -0.460. The van der Waals surface area contributed by atoms with Gasteiger partial charge in [-0.1, -0.05) is 12.5 Å². The smallest absolute Gasteiger partial charge is 0.0293 e. The largest absolute Gasteiger partial charge is 0.375 e. The molecule has 0 fully saturated rings. The van der Waals surface area contributed by atoms with Crippen LogP contribution in [0.25, 0.3) is 0 Å². The molecule has 0 N–H and O–H groups in total. The zero-order valence-corrected chi connectivity index (χ0v) is 7.22. The van der Waals surface area contributed by atoms with E-state index in [2.05, 4.69) is 31.9 Å². The van der Waals surface area contributed by atoms with Crippen LogP contribution in [-0.2, 0) is 0 Å². The monoisotopic (exact) mass is 139 g/mol. The molecule has 0 amide bonds. The van der Waals surface area contributed by atoms with Crippen LogP contribution >= 0.6 is 0 Å². The molecule has 0 saturated carbocycles. The maximum Gasteiger partial charge on any atom is 0.0293 e. The van der Waals surface area contributed by atoms with E-state index in [1.54, 1.807) is 5.57 Å². The molecule has 0 spiro atoms. The van der Waals surface area contributed by atoms with Gasteiger partial charge in [0.15, 0.2) is 0 Å². The number of nitrogens with zero attached hydrogens (tertiary/aromatic N) is 1. The first kappa shape index (κ1) is 7.64. The van der Waals surface area contributed by atoms with Gasteiger partial charge < -0.3 is 4.90 Å². The second-order valence-electron chi connectivity index (χ2n) is 3.02. The Morgan fingerprint density at radius 2 is 2.30 bits per heavy atom. The van der Waals surface area contributed by atoms with Gasteiger partial charge in [0.05, 0.1) is 0 Å². The normalized spacial score (nSPS) is 25.3. The second-order valence-corrected chi connectivity index (χ2v) is 3.02. The summed E-state index contributed by atoms with van der Waals surface area (Å²) in [6.45, 7) is 7.90. The van der Waals surface area contributed by atoms with Crippen molar-refractivity contribution in [1.29, 1.82) is 0 Å². The summed E-state index contributed by atoms with van der Waals surface area (Å²) in [4.78, 5) is 2.42. The minimum Gasteiger partial charge on any atom is -0.375 e. The third kappa shape index (κ3) is 1.34. The fourth-order valence-electron chi connectivity index (χ4n) is 1.55. The predicted molar refractivity (Wildman–Crippen MR) is 44.8 cm³/mol. The van der Waals surface area contributed by atoms with Crippen LogP contribution < -0.4 is 0 Å². The Labute approximate surface area is 63.7 Å². The summed E-state index contributed by atoms with van der Waals surface area (Å²) in [5.41, 5.74) is 1.61. The van der Waals surface area contributed by atoms with Crippen molar-refractivity contribution in [3.05, 3.63) is 11.8 Å². The van der Waals surface area contributed by atoms with Crippen LogP contribution in [0.3, 0.4) is 0 Å². The van der Waals surface area contributed by atoms with Crippen molar-refractivity contribution >= 4 is 0 Å². The van der Waals surface area contributed by atoms with E-state index >= 15 is 0 Å². The van der Waals surface area contributed by atoms with Crippen molar-refractivity contribution in [1.82, 2.24) is 4.90 Å². The Bertz CT molecular complexity index is 138. The molecule has 10 heavy (non-hydrogen) atoms. The maximum absolute atomic E-state index is 2.42. The topological polar surface area (TPSA) is 3.24 Å². The molecule has 0 aromatic rings. The van der Waals surface area contributed by atoms with Crippen LogP contribution in [0.1, 0.15) is 33.6 Å². The molecule has 0 saturated heterocycles. The van der Waals surface area contributed by atoms with Crippen molar-refractivity contribution in [3.8, 4) is 0 Å². The summed E-state index contributed by atoms with van der Waals surface area (Å²) < 4.78 is 0. The summed E-state index contributed by atoms with van der Waals surface area (Å²) in [6.07, 6.45) is 4.83. The summed E-state index contributed by atoms with van der Waals surface area (Å²) in [6, 6.07) is 0.750. The van der Waals surface area contributed by atoms with Crippen molar-refractivity contribution < 1.29 is 0 Å². The number of rotatable bonds is 2. The molecule has 0 radical (unpaired) electrons. The minimum absolute atomic E-state index is 0.750. The van der Waals surface area contributed by atoms with Gasteiger partial charge in [-0.15, -0.1) is 0 Å². The molecular weight excluding hydrogens is 122 g/mol. The fraction of sp³-hybridized carbons (Fsp3) is 0.778. The first-order chi connectivity index (χ1) is 4.77. The van der Waals surface area contributed by atoms with Crippen molar-refractivity contribution in [2.45, 2.75) is 39.7 Å². The summed E-state index contributed by atoms with van der Waals surface area (Å²) in [7, 11) is 0. The highest BCUT2D eigenvalue weighted by Crippen LogP contribution is 2.22. The maximum atomic E-state index is 2.42. The van der Waals surface area contributed by atoms with Gasteiger partial charge in [-0.05, 0) is 32.9 Å². The molecule has 58 valence electrons. The molecule has 1 heterocycles. The predicted octanol–water partition coefficient (Wildman–Crippen LogP) is 2.39. The van der Waals surface area contributed by atoms with E-state index in [9.17, 15) is 0 Å². The quantitative estimate of drug-likeness (QED) is 0.568. The lowest BCUT2D eigenvalue weighted by atomic mass is 10.1. The third-order valence-corrected chi connectivity index (χ3v) is 2.29. The Kier molecular flexibility index (Phi) is 2.36. The zero-order chi connectivity index (χ0) is 7.56. The van der Waals surface area contributed by atoms with E-state index < -0.39 is 0 Å². The fourth-order valence-corrected chi connectivity index (χ4v) is 1.55. The zero-order valence-electron chi connectivity index (χ0n) is 7.22. The van der Waals surface area contributed by atoms with Gasteiger partial charge >= 0.3 is 0 Å². The molecule has 0 bridgehead atoms. The van der Waals surface area contributed by atoms with Crippen molar-refractivity contribution in [2.24, 2.45) is 0 Å². The van der Waals surface area contributed by atoms with E-state index in [0.717, 1.165) is 12.6 Å². The molecule has 0 aliphatic carbocycles. The average Bonchev–Trinajstić information content (AvgIpc) is 2.30.